The molecule has 5 heterocycles. The summed E-state index contributed by atoms with van der Waals surface area (Å²) < 4.78 is 1.62. The lowest BCUT2D eigenvalue weighted by Gasteiger charge is -2.35. The number of hydrogen-bond donors (Lipinski definition) is 1. The van der Waals surface area contributed by atoms with Crippen molar-refractivity contribution < 1.29 is 4.79 Å². The minimum atomic E-state index is -0.116. The van der Waals surface area contributed by atoms with Gasteiger partial charge in [0.1, 0.15) is 11.5 Å². The molecule has 0 atom stereocenters. The smallest absolute Gasteiger partial charge is 0.274 e. The van der Waals surface area contributed by atoms with Crippen LogP contribution in [0.4, 0.5) is 22.9 Å². The van der Waals surface area contributed by atoms with Crippen molar-refractivity contribution in [2.45, 2.75) is 52.4 Å². The number of hydrogen-bond acceptors (Lipinski definition) is 7. The van der Waals surface area contributed by atoms with Crippen molar-refractivity contribution >= 4 is 40.1 Å². The highest BCUT2D eigenvalue weighted by Gasteiger charge is 2.33. The highest BCUT2D eigenvalue weighted by atomic mass is 32.1. The summed E-state index contributed by atoms with van der Waals surface area (Å²) in [7, 11) is 1.78. The van der Waals surface area contributed by atoms with Gasteiger partial charge < -0.3 is 24.6 Å². The average molecular weight is 623 g/mol. The van der Waals surface area contributed by atoms with Gasteiger partial charge >= 0.3 is 0 Å². The van der Waals surface area contributed by atoms with Gasteiger partial charge in [-0.3, -0.25) is 9.59 Å². The Kier molecular flexibility index (Phi) is 8.23. The Bertz CT molecular complexity index is 1780. The van der Waals surface area contributed by atoms with Gasteiger partial charge in [-0.1, -0.05) is 26.0 Å². The number of carbonyl (C=O) groups excluding carboxylic acids is 1. The van der Waals surface area contributed by atoms with Crippen LogP contribution in [0.25, 0.3) is 11.1 Å². The zero-order valence-corrected chi connectivity index (χ0v) is 27.4. The first kappa shape index (κ1) is 29.7. The molecule has 2 aliphatic heterocycles. The summed E-state index contributed by atoms with van der Waals surface area (Å²) in [6.45, 7) is 10.2. The van der Waals surface area contributed by atoms with Gasteiger partial charge in [0.05, 0.1) is 16.8 Å². The number of benzene rings is 1. The molecule has 8 nitrogen and oxygen atoms in total. The van der Waals surface area contributed by atoms with E-state index in [9.17, 15) is 9.59 Å². The largest absolute Gasteiger partial charge is 0.368 e. The predicted molar refractivity (Wildman–Crippen MR) is 185 cm³/mol. The third kappa shape index (κ3) is 5.57. The number of piperazine rings is 1. The molecule has 0 radical (unpaired) electrons. The Morgan fingerprint density at radius 3 is 2.51 bits per heavy atom. The third-order valence-electron chi connectivity index (χ3n) is 9.79. The number of nitrogens with zero attached hydrogens (tertiary/aromatic N) is 5. The van der Waals surface area contributed by atoms with Gasteiger partial charge in [0.2, 0.25) is 0 Å². The number of aryl methyl sites for hydroxylation is 2. The summed E-state index contributed by atoms with van der Waals surface area (Å²) in [4.78, 5) is 41.0. The standard InChI is InChI=1S/C36H42N6O2S/c1-4-26-27(10-8-11-31(26)42-16-15-29-28-9-6-7-12-32(28)45-34(29)36(42)44)24-21-30(35(43)39(3)23-24)38-33-14-13-25(22-37-33)41-19-17-40(5-2)18-20-41/h8,10-11,13-14,21-23H,4-7,9,12,15-20H2,1-3H3,(H,37,38). The molecular weight excluding hydrogens is 581 g/mol. The molecule has 234 valence electrons. The van der Waals surface area contributed by atoms with Crippen LogP contribution >= 0.6 is 11.3 Å². The number of amides is 1. The van der Waals surface area contributed by atoms with Crippen LogP contribution < -0.4 is 20.7 Å². The van der Waals surface area contributed by atoms with E-state index in [1.807, 2.05) is 35.5 Å². The van der Waals surface area contributed by atoms with Crippen molar-refractivity contribution in [1.29, 1.82) is 0 Å². The Hall–Kier alpha value is -3.95. The Balaban J connectivity index is 1.16. The minimum absolute atomic E-state index is 0.116. The molecule has 1 N–H and O–H groups in total. The fraction of sp³-hybridized carbons (Fsp3) is 0.417. The average Bonchev–Trinajstić information content (AvgIpc) is 3.47. The zero-order chi connectivity index (χ0) is 31.1. The number of rotatable bonds is 7. The van der Waals surface area contributed by atoms with Crippen molar-refractivity contribution in [3.8, 4) is 11.1 Å². The van der Waals surface area contributed by atoms with Gasteiger partial charge in [0, 0.05) is 62.1 Å². The lowest BCUT2D eigenvalue weighted by atomic mass is 9.91. The van der Waals surface area contributed by atoms with Crippen molar-refractivity contribution in [2.24, 2.45) is 7.05 Å². The Morgan fingerprint density at radius 1 is 0.933 bits per heavy atom. The second kappa shape index (κ2) is 12.4. The number of fused-ring (bicyclic) bond motifs is 3. The van der Waals surface area contributed by atoms with E-state index in [1.165, 1.54) is 28.8 Å². The first-order valence-corrected chi connectivity index (χ1v) is 17.2. The lowest BCUT2D eigenvalue weighted by Crippen LogP contribution is -2.46. The Morgan fingerprint density at radius 2 is 1.76 bits per heavy atom. The number of thiophene rings is 1. The van der Waals surface area contributed by atoms with E-state index in [2.05, 4.69) is 52.1 Å². The molecule has 1 fully saturated rings. The lowest BCUT2D eigenvalue weighted by molar-refractivity contribution is 0.0984. The number of likely N-dealkylation sites (N-methyl/N-ethyl adjacent to an activating group) is 1. The van der Waals surface area contributed by atoms with Gasteiger partial charge in [-0.2, -0.15) is 0 Å². The normalized spacial score (nSPS) is 16.9. The van der Waals surface area contributed by atoms with Crippen LogP contribution in [0.15, 0.2) is 53.6 Å². The number of nitrogens with one attached hydrogen (secondary N) is 1. The molecule has 1 saturated heterocycles. The first-order chi connectivity index (χ1) is 21.9. The highest BCUT2D eigenvalue weighted by Crippen LogP contribution is 2.40. The van der Waals surface area contributed by atoms with Gasteiger partial charge in [-0.25, -0.2) is 4.98 Å². The highest BCUT2D eigenvalue weighted by molar-refractivity contribution is 7.14. The molecule has 0 spiro atoms. The molecule has 1 aliphatic carbocycles. The van der Waals surface area contributed by atoms with E-state index in [1.54, 1.807) is 23.0 Å². The topological polar surface area (TPSA) is 73.7 Å². The molecule has 0 saturated carbocycles. The maximum Gasteiger partial charge on any atom is 0.274 e. The molecule has 7 rings (SSSR count). The van der Waals surface area contributed by atoms with Gasteiger partial charge in [0.25, 0.3) is 11.5 Å². The van der Waals surface area contributed by atoms with Crippen molar-refractivity contribution in [3.05, 3.63) is 85.6 Å². The van der Waals surface area contributed by atoms with Gasteiger partial charge in [-0.15, -0.1) is 11.3 Å². The summed E-state index contributed by atoms with van der Waals surface area (Å²) in [5, 5.41) is 3.29. The quantitative estimate of drug-likeness (QED) is 0.271. The van der Waals surface area contributed by atoms with E-state index in [0.29, 0.717) is 18.1 Å². The second-order valence-electron chi connectivity index (χ2n) is 12.4. The van der Waals surface area contributed by atoms with Crippen LogP contribution in [-0.2, 0) is 32.7 Å². The van der Waals surface area contributed by atoms with Crippen LogP contribution in [0.3, 0.4) is 0 Å². The molecule has 0 bridgehead atoms. The molecule has 45 heavy (non-hydrogen) atoms. The van der Waals surface area contributed by atoms with Crippen molar-refractivity contribution in [2.75, 3.05) is 54.4 Å². The van der Waals surface area contributed by atoms with Gasteiger partial charge in [-0.05, 0) is 91.6 Å². The maximum atomic E-state index is 13.9. The molecule has 4 aromatic rings. The monoisotopic (exact) mass is 622 g/mol. The fourth-order valence-corrected chi connectivity index (χ4v) is 8.66. The zero-order valence-electron chi connectivity index (χ0n) is 26.6. The third-order valence-corrected chi connectivity index (χ3v) is 11.1. The summed E-state index contributed by atoms with van der Waals surface area (Å²) in [6.07, 6.45) is 10.1. The fourth-order valence-electron chi connectivity index (χ4n) is 7.27. The number of pyridine rings is 2. The molecule has 3 aromatic heterocycles. The summed E-state index contributed by atoms with van der Waals surface area (Å²) >= 11 is 1.73. The second-order valence-corrected chi connectivity index (χ2v) is 13.5. The molecule has 1 aromatic carbocycles. The predicted octanol–water partition coefficient (Wildman–Crippen LogP) is 6.04. The number of aromatic nitrogens is 2. The SMILES string of the molecule is CCc1c(-c2cc(Nc3ccc(N4CCN(CC)CC4)cn3)c(=O)n(C)c2)cccc1N1CCc2c(sc3c2CCCC3)C1=O. The number of anilines is 4. The summed E-state index contributed by atoms with van der Waals surface area (Å²) in [6, 6.07) is 12.2. The van der Waals surface area contributed by atoms with Gasteiger partial charge in [0.15, 0.2) is 0 Å². The first-order valence-electron chi connectivity index (χ1n) is 16.4. The number of carbonyl (C=O) groups is 1. The maximum absolute atomic E-state index is 13.9. The minimum Gasteiger partial charge on any atom is -0.368 e. The van der Waals surface area contributed by atoms with Crippen LogP contribution in [0.2, 0.25) is 0 Å². The molecule has 1 amide bonds. The summed E-state index contributed by atoms with van der Waals surface area (Å²) in [5.41, 5.74) is 8.28. The van der Waals surface area contributed by atoms with Crippen molar-refractivity contribution in [3.63, 3.8) is 0 Å². The van der Waals surface area contributed by atoms with Crippen LogP contribution in [0.5, 0.6) is 0 Å². The molecule has 9 heteroatoms. The van der Waals surface area contributed by atoms with Crippen molar-refractivity contribution in [1.82, 2.24) is 14.5 Å². The van der Waals surface area contributed by atoms with Crippen LogP contribution in [-0.4, -0.2) is 59.6 Å². The van der Waals surface area contributed by atoms with E-state index >= 15 is 0 Å². The summed E-state index contributed by atoms with van der Waals surface area (Å²) in [5.74, 6) is 0.769. The van der Waals surface area contributed by atoms with E-state index in [0.717, 1.165) is 91.3 Å². The Labute approximate surface area is 269 Å². The van der Waals surface area contributed by atoms with E-state index in [4.69, 9.17) is 0 Å². The molecular formula is C36H42N6O2S. The van der Waals surface area contributed by atoms with E-state index in [-0.39, 0.29) is 11.5 Å². The molecule has 3 aliphatic rings. The van der Waals surface area contributed by atoms with E-state index < -0.39 is 0 Å². The van der Waals surface area contributed by atoms with Crippen LogP contribution in [0, 0.1) is 0 Å². The molecule has 0 unspecified atom stereocenters. The van der Waals surface area contributed by atoms with Crippen LogP contribution in [0.1, 0.15) is 57.9 Å².